The SMILES string of the molecule is O=C(NCc1ccc(Cl)s1)c1ccc(Br)cc1O. The number of amides is 1. The van der Waals surface area contributed by atoms with Gasteiger partial charge in [0.05, 0.1) is 16.4 Å². The van der Waals surface area contributed by atoms with Gasteiger partial charge in [0.25, 0.3) is 5.91 Å². The molecule has 6 heteroatoms. The van der Waals surface area contributed by atoms with Crippen molar-refractivity contribution >= 4 is 44.8 Å². The molecule has 2 aromatic rings. The van der Waals surface area contributed by atoms with E-state index in [9.17, 15) is 9.90 Å². The van der Waals surface area contributed by atoms with Crippen LogP contribution >= 0.6 is 38.9 Å². The van der Waals surface area contributed by atoms with Gasteiger partial charge in [-0.05, 0) is 30.3 Å². The summed E-state index contributed by atoms with van der Waals surface area (Å²) in [5, 5.41) is 12.4. The monoisotopic (exact) mass is 345 g/mol. The van der Waals surface area contributed by atoms with Crippen LogP contribution in [0.2, 0.25) is 4.34 Å². The number of phenols is 1. The average molecular weight is 347 g/mol. The molecule has 2 N–H and O–H groups in total. The van der Waals surface area contributed by atoms with Crippen LogP contribution in [0.4, 0.5) is 0 Å². The first-order chi connectivity index (χ1) is 8.56. The predicted molar refractivity (Wildman–Crippen MR) is 76.3 cm³/mol. The van der Waals surface area contributed by atoms with E-state index in [2.05, 4.69) is 21.2 Å². The molecule has 1 amide bonds. The summed E-state index contributed by atoms with van der Waals surface area (Å²) in [6.45, 7) is 0.395. The summed E-state index contributed by atoms with van der Waals surface area (Å²) >= 11 is 10.4. The molecule has 0 saturated carbocycles. The number of nitrogens with one attached hydrogen (secondary N) is 1. The van der Waals surface area contributed by atoms with E-state index in [1.807, 2.05) is 6.07 Å². The summed E-state index contributed by atoms with van der Waals surface area (Å²) in [5.74, 6) is -0.365. The Kier molecular flexibility index (Phi) is 4.27. The lowest BCUT2D eigenvalue weighted by Crippen LogP contribution is -2.22. The van der Waals surface area contributed by atoms with Gasteiger partial charge in [-0.1, -0.05) is 27.5 Å². The molecule has 0 bridgehead atoms. The fourth-order valence-corrected chi connectivity index (χ4v) is 2.78. The molecule has 1 aromatic carbocycles. The molecule has 1 heterocycles. The molecule has 94 valence electrons. The number of carbonyl (C=O) groups excluding carboxylic acids is 1. The van der Waals surface area contributed by atoms with Crippen LogP contribution in [0, 0.1) is 0 Å². The summed E-state index contributed by atoms with van der Waals surface area (Å²) in [6, 6.07) is 8.39. The highest BCUT2D eigenvalue weighted by Crippen LogP contribution is 2.23. The number of halogens is 2. The number of rotatable bonds is 3. The van der Waals surface area contributed by atoms with Crippen molar-refractivity contribution in [3.8, 4) is 5.75 Å². The van der Waals surface area contributed by atoms with Crippen LogP contribution in [0.5, 0.6) is 5.75 Å². The van der Waals surface area contributed by atoms with Crippen LogP contribution in [0.25, 0.3) is 0 Å². The molecule has 2 rings (SSSR count). The van der Waals surface area contributed by atoms with Crippen molar-refractivity contribution in [2.75, 3.05) is 0 Å². The fourth-order valence-electron chi connectivity index (χ4n) is 1.41. The zero-order valence-electron chi connectivity index (χ0n) is 9.11. The van der Waals surface area contributed by atoms with Crippen LogP contribution < -0.4 is 5.32 Å². The third-order valence-corrected chi connectivity index (χ3v) is 3.98. The van der Waals surface area contributed by atoms with E-state index in [0.29, 0.717) is 10.9 Å². The second-order valence-electron chi connectivity index (χ2n) is 3.55. The average Bonchev–Trinajstić information content (AvgIpc) is 2.72. The second-order valence-corrected chi connectivity index (χ2v) is 6.27. The first kappa shape index (κ1) is 13.4. The van der Waals surface area contributed by atoms with Gasteiger partial charge in [-0.15, -0.1) is 11.3 Å². The third-order valence-electron chi connectivity index (χ3n) is 2.26. The molecule has 0 atom stereocenters. The van der Waals surface area contributed by atoms with Crippen molar-refractivity contribution in [1.29, 1.82) is 0 Å². The smallest absolute Gasteiger partial charge is 0.255 e. The van der Waals surface area contributed by atoms with E-state index in [-0.39, 0.29) is 17.2 Å². The van der Waals surface area contributed by atoms with E-state index >= 15 is 0 Å². The molecule has 1 aromatic heterocycles. The van der Waals surface area contributed by atoms with E-state index in [1.165, 1.54) is 17.4 Å². The van der Waals surface area contributed by atoms with Crippen LogP contribution in [-0.2, 0) is 6.54 Å². The molecule has 3 nitrogen and oxygen atoms in total. The Morgan fingerprint density at radius 3 is 2.78 bits per heavy atom. The largest absolute Gasteiger partial charge is 0.507 e. The maximum Gasteiger partial charge on any atom is 0.255 e. The number of hydrogen-bond acceptors (Lipinski definition) is 3. The van der Waals surface area contributed by atoms with E-state index in [0.717, 1.165) is 9.35 Å². The molecule has 0 saturated heterocycles. The normalized spacial score (nSPS) is 10.3. The van der Waals surface area contributed by atoms with Crippen molar-refractivity contribution in [1.82, 2.24) is 5.32 Å². The lowest BCUT2D eigenvalue weighted by molar-refractivity contribution is 0.0948. The Bertz CT molecular complexity index is 585. The van der Waals surface area contributed by atoms with E-state index in [4.69, 9.17) is 11.6 Å². The van der Waals surface area contributed by atoms with Crippen LogP contribution in [0.3, 0.4) is 0 Å². The molecule has 0 aliphatic carbocycles. The third kappa shape index (κ3) is 3.25. The number of carbonyl (C=O) groups is 1. The lowest BCUT2D eigenvalue weighted by atomic mass is 10.2. The first-order valence-corrected chi connectivity index (χ1v) is 7.06. The summed E-state index contributed by atoms with van der Waals surface area (Å²) in [4.78, 5) is 12.8. The maximum atomic E-state index is 11.8. The van der Waals surface area contributed by atoms with Gasteiger partial charge < -0.3 is 10.4 Å². The first-order valence-electron chi connectivity index (χ1n) is 5.07. The number of benzene rings is 1. The van der Waals surface area contributed by atoms with E-state index < -0.39 is 0 Å². The van der Waals surface area contributed by atoms with Crippen molar-refractivity contribution in [2.45, 2.75) is 6.54 Å². The van der Waals surface area contributed by atoms with Gasteiger partial charge in [0.1, 0.15) is 5.75 Å². The molecule has 0 spiro atoms. The van der Waals surface area contributed by atoms with Gasteiger partial charge in [-0.3, -0.25) is 4.79 Å². The fraction of sp³-hybridized carbons (Fsp3) is 0.0833. The Balaban J connectivity index is 2.03. The number of phenolic OH excluding ortho intramolecular Hbond substituents is 1. The second kappa shape index (κ2) is 5.73. The topological polar surface area (TPSA) is 49.3 Å². The predicted octanol–water partition coefficient (Wildman–Crippen LogP) is 3.80. The van der Waals surface area contributed by atoms with Gasteiger partial charge in [-0.25, -0.2) is 0 Å². The van der Waals surface area contributed by atoms with E-state index in [1.54, 1.807) is 18.2 Å². The molecular formula is C12H9BrClNO2S. The minimum absolute atomic E-state index is 0.0499. The van der Waals surface area contributed by atoms with Crippen molar-refractivity contribution in [2.24, 2.45) is 0 Å². The Labute approximate surface area is 122 Å². The molecule has 0 aliphatic rings. The van der Waals surface area contributed by atoms with Gasteiger partial charge in [0.15, 0.2) is 0 Å². The maximum absolute atomic E-state index is 11.8. The minimum Gasteiger partial charge on any atom is -0.507 e. The Morgan fingerprint density at radius 1 is 1.39 bits per heavy atom. The summed E-state index contributed by atoms with van der Waals surface area (Å²) in [7, 11) is 0. The van der Waals surface area contributed by atoms with Gasteiger partial charge in [0, 0.05) is 9.35 Å². The standard InChI is InChI=1S/C12H9BrClNO2S/c13-7-1-3-9(10(16)5-7)12(17)15-6-8-2-4-11(14)18-8/h1-5,16H,6H2,(H,15,17). The van der Waals surface area contributed by atoms with Gasteiger partial charge >= 0.3 is 0 Å². The van der Waals surface area contributed by atoms with Crippen molar-refractivity contribution in [3.05, 3.63) is 49.6 Å². The molecule has 0 unspecified atom stereocenters. The molecule has 0 fully saturated rings. The Morgan fingerprint density at radius 2 is 2.17 bits per heavy atom. The molecular weight excluding hydrogens is 338 g/mol. The number of thiophene rings is 1. The number of aromatic hydroxyl groups is 1. The number of hydrogen-bond donors (Lipinski definition) is 2. The minimum atomic E-state index is -0.315. The highest BCUT2D eigenvalue weighted by atomic mass is 79.9. The van der Waals surface area contributed by atoms with Crippen molar-refractivity contribution < 1.29 is 9.90 Å². The van der Waals surface area contributed by atoms with Crippen LogP contribution in [0.1, 0.15) is 15.2 Å². The van der Waals surface area contributed by atoms with Crippen LogP contribution in [0.15, 0.2) is 34.8 Å². The molecule has 0 radical (unpaired) electrons. The lowest BCUT2D eigenvalue weighted by Gasteiger charge is -2.06. The van der Waals surface area contributed by atoms with Gasteiger partial charge in [0.2, 0.25) is 0 Å². The highest BCUT2D eigenvalue weighted by molar-refractivity contribution is 9.10. The molecule has 18 heavy (non-hydrogen) atoms. The highest BCUT2D eigenvalue weighted by Gasteiger charge is 2.11. The zero-order valence-corrected chi connectivity index (χ0v) is 12.3. The van der Waals surface area contributed by atoms with Crippen molar-refractivity contribution in [3.63, 3.8) is 0 Å². The van der Waals surface area contributed by atoms with Gasteiger partial charge in [-0.2, -0.15) is 0 Å². The zero-order chi connectivity index (χ0) is 13.1. The summed E-state index contributed by atoms with van der Waals surface area (Å²) < 4.78 is 1.41. The summed E-state index contributed by atoms with van der Waals surface area (Å²) in [5.41, 5.74) is 0.251. The summed E-state index contributed by atoms with van der Waals surface area (Å²) in [6.07, 6.45) is 0. The quantitative estimate of drug-likeness (QED) is 0.888. The van der Waals surface area contributed by atoms with Crippen LogP contribution in [-0.4, -0.2) is 11.0 Å². The molecule has 0 aliphatic heterocycles. The Hall–Kier alpha value is -1.04.